The highest BCUT2D eigenvalue weighted by atomic mass is 15.3. The van der Waals surface area contributed by atoms with Gasteiger partial charge in [-0.05, 0) is 51.2 Å². The molecule has 1 saturated heterocycles. The number of nitrogens with zero attached hydrogens (tertiary/aromatic N) is 4. The van der Waals surface area contributed by atoms with E-state index >= 15 is 0 Å². The van der Waals surface area contributed by atoms with Crippen LogP contribution in [0.15, 0.2) is 48.5 Å². The quantitative estimate of drug-likeness (QED) is 0.756. The van der Waals surface area contributed by atoms with Gasteiger partial charge in [0.25, 0.3) is 0 Å². The van der Waals surface area contributed by atoms with Crippen molar-refractivity contribution in [1.29, 1.82) is 0 Å². The third kappa shape index (κ3) is 3.57. The van der Waals surface area contributed by atoms with Crippen molar-refractivity contribution in [3.8, 4) is 5.69 Å². The number of aromatic nitrogens is 2. The van der Waals surface area contributed by atoms with Crippen LogP contribution < -0.4 is 10.2 Å². The summed E-state index contributed by atoms with van der Waals surface area (Å²) in [4.78, 5) is 5.07. The van der Waals surface area contributed by atoms with Crippen LogP contribution in [0.4, 0.5) is 5.69 Å². The Labute approximate surface area is 161 Å². The third-order valence-corrected chi connectivity index (χ3v) is 5.65. The first-order chi connectivity index (χ1) is 13.2. The maximum absolute atomic E-state index is 4.78. The van der Waals surface area contributed by atoms with Gasteiger partial charge < -0.3 is 10.2 Å². The molecule has 0 spiro atoms. The lowest BCUT2D eigenvalue weighted by Crippen LogP contribution is -2.51. The van der Waals surface area contributed by atoms with Crippen molar-refractivity contribution in [2.45, 2.75) is 19.9 Å². The number of aryl methyl sites for hydroxylation is 1. The molecule has 0 bridgehead atoms. The molecule has 0 amide bonds. The molecule has 1 aromatic heterocycles. The van der Waals surface area contributed by atoms with E-state index in [0.717, 1.165) is 44.1 Å². The molecule has 0 aliphatic carbocycles. The molecule has 1 atom stereocenters. The van der Waals surface area contributed by atoms with Crippen LogP contribution in [0.25, 0.3) is 16.6 Å². The normalized spacial score (nSPS) is 16.8. The first-order valence-corrected chi connectivity index (χ1v) is 9.86. The van der Waals surface area contributed by atoms with Crippen molar-refractivity contribution in [2.24, 2.45) is 0 Å². The second kappa shape index (κ2) is 7.71. The minimum atomic E-state index is 0.585. The van der Waals surface area contributed by atoms with Crippen LogP contribution in [0, 0.1) is 6.92 Å². The van der Waals surface area contributed by atoms with Gasteiger partial charge in [0.15, 0.2) is 0 Å². The summed E-state index contributed by atoms with van der Waals surface area (Å²) < 4.78 is 2.07. The van der Waals surface area contributed by atoms with Crippen molar-refractivity contribution < 1.29 is 0 Å². The van der Waals surface area contributed by atoms with Gasteiger partial charge in [-0.2, -0.15) is 5.10 Å². The third-order valence-electron chi connectivity index (χ3n) is 5.65. The second-order valence-electron chi connectivity index (χ2n) is 7.46. The van der Waals surface area contributed by atoms with E-state index in [9.17, 15) is 0 Å². The Morgan fingerprint density at radius 3 is 2.44 bits per heavy atom. The summed E-state index contributed by atoms with van der Waals surface area (Å²) in [6, 6.07) is 17.8. The Hall–Kier alpha value is -2.37. The van der Waals surface area contributed by atoms with E-state index in [1.54, 1.807) is 0 Å². The van der Waals surface area contributed by atoms with Crippen LogP contribution in [0.2, 0.25) is 0 Å². The standard InChI is InChI=1S/C22H29N5/c1-17(16-23-3)25-11-13-26(14-12-25)20-9-10-21-18(2)24-27(22(21)15-20)19-7-5-4-6-8-19/h4-10,15,17,23H,11-14,16H2,1-3H3. The fourth-order valence-electron chi connectivity index (χ4n) is 4.07. The number of nitrogens with one attached hydrogen (secondary N) is 1. The van der Waals surface area contributed by atoms with Gasteiger partial charge >= 0.3 is 0 Å². The molecule has 2 aromatic carbocycles. The molecule has 2 heterocycles. The van der Waals surface area contributed by atoms with Gasteiger partial charge in [0, 0.05) is 49.8 Å². The molecule has 142 valence electrons. The van der Waals surface area contributed by atoms with Crippen molar-refractivity contribution in [2.75, 3.05) is 44.7 Å². The van der Waals surface area contributed by atoms with Crippen molar-refractivity contribution in [3.63, 3.8) is 0 Å². The predicted molar refractivity (Wildman–Crippen MR) is 113 cm³/mol. The van der Waals surface area contributed by atoms with Crippen LogP contribution in [0.1, 0.15) is 12.6 Å². The lowest BCUT2D eigenvalue weighted by atomic mass is 10.1. The van der Waals surface area contributed by atoms with Crippen LogP contribution >= 0.6 is 0 Å². The fourth-order valence-corrected chi connectivity index (χ4v) is 4.07. The molecule has 4 rings (SSSR count). The zero-order valence-corrected chi connectivity index (χ0v) is 16.5. The topological polar surface area (TPSA) is 36.3 Å². The fraction of sp³-hybridized carbons (Fsp3) is 0.409. The van der Waals surface area contributed by atoms with Crippen molar-refractivity contribution in [1.82, 2.24) is 20.0 Å². The van der Waals surface area contributed by atoms with Gasteiger partial charge in [-0.15, -0.1) is 0 Å². The Balaban J connectivity index is 1.59. The first kappa shape index (κ1) is 18.0. The summed E-state index contributed by atoms with van der Waals surface area (Å²) in [7, 11) is 2.03. The molecule has 1 aliphatic rings. The minimum Gasteiger partial charge on any atom is -0.369 e. The summed E-state index contributed by atoms with van der Waals surface area (Å²) in [6.45, 7) is 9.79. The van der Waals surface area contributed by atoms with E-state index in [0.29, 0.717) is 6.04 Å². The van der Waals surface area contributed by atoms with E-state index in [1.807, 2.05) is 13.1 Å². The van der Waals surface area contributed by atoms with Gasteiger partial charge in [0.1, 0.15) is 0 Å². The zero-order chi connectivity index (χ0) is 18.8. The molecule has 1 aliphatic heterocycles. The van der Waals surface area contributed by atoms with Crippen LogP contribution in [0.3, 0.4) is 0 Å². The average molecular weight is 364 g/mol. The Morgan fingerprint density at radius 2 is 1.74 bits per heavy atom. The van der Waals surface area contributed by atoms with Gasteiger partial charge in [-0.3, -0.25) is 4.90 Å². The number of rotatable bonds is 5. The Morgan fingerprint density at radius 1 is 1.00 bits per heavy atom. The zero-order valence-electron chi connectivity index (χ0n) is 16.5. The lowest BCUT2D eigenvalue weighted by molar-refractivity contribution is 0.195. The smallest absolute Gasteiger partial charge is 0.0764 e. The highest BCUT2D eigenvalue weighted by Crippen LogP contribution is 2.27. The summed E-state index contributed by atoms with van der Waals surface area (Å²) >= 11 is 0. The highest BCUT2D eigenvalue weighted by Gasteiger charge is 2.21. The molecule has 0 radical (unpaired) electrons. The number of piperazine rings is 1. The van der Waals surface area contributed by atoms with Crippen molar-refractivity contribution in [3.05, 3.63) is 54.2 Å². The van der Waals surface area contributed by atoms with Gasteiger partial charge in [0.05, 0.1) is 16.9 Å². The van der Waals surface area contributed by atoms with E-state index in [1.165, 1.54) is 16.6 Å². The summed E-state index contributed by atoms with van der Waals surface area (Å²) in [5.41, 5.74) is 4.66. The Bertz CT molecular complexity index is 894. The molecule has 1 fully saturated rings. The molecular formula is C22H29N5. The average Bonchev–Trinajstić information content (AvgIpc) is 3.05. The molecule has 27 heavy (non-hydrogen) atoms. The summed E-state index contributed by atoms with van der Waals surface area (Å²) in [5.74, 6) is 0. The molecule has 0 saturated carbocycles. The maximum atomic E-state index is 4.78. The van der Waals surface area contributed by atoms with E-state index < -0.39 is 0 Å². The monoisotopic (exact) mass is 363 g/mol. The van der Waals surface area contributed by atoms with Gasteiger partial charge in [0.2, 0.25) is 0 Å². The molecular weight excluding hydrogens is 334 g/mol. The maximum Gasteiger partial charge on any atom is 0.0764 e. The number of hydrogen-bond acceptors (Lipinski definition) is 4. The number of hydrogen-bond donors (Lipinski definition) is 1. The summed E-state index contributed by atoms with van der Waals surface area (Å²) in [6.07, 6.45) is 0. The number of fused-ring (bicyclic) bond motifs is 1. The van der Waals surface area contributed by atoms with Crippen LogP contribution in [0.5, 0.6) is 0 Å². The number of para-hydroxylation sites is 1. The Kier molecular flexibility index (Phi) is 5.14. The number of anilines is 1. The molecule has 5 heteroatoms. The van der Waals surface area contributed by atoms with Crippen molar-refractivity contribution >= 4 is 16.6 Å². The second-order valence-corrected chi connectivity index (χ2v) is 7.46. The lowest BCUT2D eigenvalue weighted by Gasteiger charge is -2.39. The van der Waals surface area contributed by atoms with Crippen LogP contribution in [-0.2, 0) is 0 Å². The highest BCUT2D eigenvalue weighted by molar-refractivity contribution is 5.86. The largest absolute Gasteiger partial charge is 0.369 e. The first-order valence-electron chi connectivity index (χ1n) is 9.86. The van der Waals surface area contributed by atoms with Gasteiger partial charge in [-0.25, -0.2) is 4.68 Å². The number of benzene rings is 2. The predicted octanol–water partition coefficient (Wildman–Crippen LogP) is 3.06. The minimum absolute atomic E-state index is 0.585. The molecule has 5 nitrogen and oxygen atoms in total. The van der Waals surface area contributed by atoms with E-state index in [2.05, 4.69) is 76.1 Å². The van der Waals surface area contributed by atoms with E-state index in [4.69, 9.17) is 5.10 Å². The van der Waals surface area contributed by atoms with Crippen LogP contribution in [-0.4, -0.2) is 60.5 Å². The molecule has 1 unspecified atom stereocenters. The number of likely N-dealkylation sites (N-methyl/N-ethyl adjacent to an activating group) is 1. The molecule has 3 aromatic rings. The van der Waals surface area contributed by atoms with Gasteiger partial charge in [-0.1, -0.05) is 18.2 Å². The summed E-state index contributed by atoms with van der Waals surface area (Å²) in [5, 5.41) is 9.30. The SMILES string of the molecule is CNCC(C)N1CCN(c2ccc3c(C)nn(-c4ccccc4)c3c2)CC1. The van der Waals surface area contributed by atoms with E-state index in [-0.39, 0.29) is 0 Å². The molecule has 1 N–H and O–H groups in total.